The molecule has 1 N–H and O–H groups in total. The topological polar surface area (TPSA) is 52.2 Å². The molecule has 20 heteroatoms. The Bertz CT molecular complexity index is 2350. The fourth-order valence-corrected chi connectivity index (χ4v) is 7.77. The van der Waals surface area contributed by atoms with Crippen molar-refractivity contribution < 1.29 is 80.4 Å². The third-order valence-electron chi connectivity index (χ3n) is 11.3. The highest BCUT2D eigenvalue weighted by Gasteiger charge is 2.42. The smallest absolute Gasteiger partial charge is 0.349 e. The van der Waals surface area contributed by atoms with Crippen LogP contribution in [0.3, 0.4) is 0 Å². The molecule has 2 saturated heterocycles. The van der Waals surface area contributed by atoms with Crippen molar-refractivity contribution >= 4 is 0 Å². The van der Waals surface area contributed by atoms with E-state index in [2.05, 4.69) is 10.2 Å². The van der Waals surface area contributed by atoms with Crippen molar-refractivity contribution in [2.24, 2.45) is 0 Å². The summed E-state index contributed by atoms with van der Waals surface area (Å²) in [6.07, 6.45) is -24.2. The Hall–Kier alpha value is -5.12. The van der Waals surface area contributed by atoms with Gasteiger partial charge in [0, 0.05) is 19.1 Å². The van der Waals surface area contributed by atoms with E-state index < -0.39 is 95.5 Å². The standard InChI is InChI=1S/C28H26F7NO2.C20H18F7NO2.CH4/c1-17(19-6-4-3-5-7-19)36-12-13-37-26(25(36)20-8-10-24(29)11-9-20)38-18(2)21-14-22(27(30,31)32)16-23(15-21)28(33,34)35;1-11(13-8-14(19(22,23)24)10-15(9-13)20(25,26)27)30-18-17(28-6-7-29-18)12-2-4-16(21)5-3-12;/h3-11,14-18,25-26H,12-13H2,1-2H3;2-5,8-11,17-18,28H,6-7H2,1H3;1H4/t17-,18-,25-,26?;11-,17-,18?;/m11./s1. The lowest BCUT2D eigenvalue weighted by molar-refractivity contribution is -0.235. The molecule has 69 heavy (non-hydrogen) atoms. The minimum Gasteiger partial charge on any atom is -0.349 e. The lowest BCUT2D eigenvalue weighted by atomic mass is 9.98. The zero-order chi connectivity index (χ0) is 49.8. The third-order valence-corrected chi connectivity index (χ3v) is 11.3. The van der Waals surface area contributed by atoms with Crippen LogP contribution in [0.25, 0.3) is 0 Å². The van der Waals surface area contributed by atoms with Crippen LogP contribution in [0.1, 0.15) is 109 Å². The van der Waals surface area contributed by atoms with E-state index in [0.29, 0.717) is 48.5 Å². The van der Waals surface area contributed by atoms with Crippen molar-refractivity contribution in [3.05, 3.63) is 177 Å². The van der Waals surface area contributed by atoms with Crippen LogP contribution in [0.2, 0.25) is 0 Å². The molecule has 7 atom stereocenters. The summed E-state index contributed by atoms with van der Waals surface area (Å²) in [6, 6.07) is 22.0. The summed E-state index contributed by atoms with van der Waals surface area (Å²) in [7, 11) is 0. The van der Waals surface area contributed by atoms with Gasteiger partial charge in [0.15, 0.2) is 12.6 Å². The summed E-state index contributed by atoms with van der Waals surface area (Å²) in [5.74, 6) is -0.910. The Kier molecular flexibility index (Phi) is 17.7. The second-order valence-corrected chi connectivity index (χ2v) is 16.0. The fraction of sp³-hybridized carbons (Fsp3) is 0.388. The molecule has 6 nitrogen and oxygen atoms in total. The average molecular weight is 995 g/mol. The maximum Gasteiger partial charge on any atom is 0.416 e. The summed E-state index contributed by atoms with van der Waals surface area (Å²) in [4.78, 5) is 2.07. The number of benzene rings is 5. The molecular formula is C49H48F14N2O4. The van der Waals surface area contributed by atoms with E-state index in [4.69, 9.17) is 18.9 Å². The minimum atomic E-state index is -4.98. The highest BCUT2D eigenvalue weighted by atomic mass is 19.4. The lowest BCUT2D eigenvalue weighted by Crippen LogP contribution is -2.47. The molecule has 2 unspecified atom stereocenters. The van der Waals surface area contributed by atoms with Gasteiger partial charge in [0.2, 0.25) is 0 Å². The van der Waals surface area contributed by atoms with Gasteiger partial charge in [-0.15, -0.1) is 0 Å². The molecule has 0 bridgehead atoms. The number of morpholine rings is 2. The van der Waals surface area contributed by atoms with Gasteiger partial charge in [0.1, 0.15) is 11.6 Å². The van der Waals surface area contributed by atoms with Crippen LogP contribution in [0.4, 0.5) is 61.5 Å². The van der Waals surface area contributed by atoms with Gasteiger partial charge in [-0.2, -0.15) is 52.7 Å². The Balaban J connectivity index is 0.000000261. The molecule has 2 heterocycles. The van der Waals surface area contributed by atoms with E-state index in [1.54, 1.807) is 12.1 Å². The Morgan fingerprint density at radius 3 is 1.36 bits per heavy atom. The number of hydrogen-bond acceptors (Lipinski definition) is 6. The molecule has 2 aliphatic rings. The van der Waals surface area contributed by atoms with Crippen LogP contribution < -0.4 is 5.32 Å². The van der Waals surface area contributed by atoms with Gasteiger partial charge in [-0.3, -0.25) is 4.90 Å². The van der Waals surface area contributed by atoms with E-state index in [9.17, 15) is 61.5 Å². The van der Waals surface area contributed by atoms with E-state index in [1.807, 2.05) is 37.3 Å². The number of alkyl halides is 12. The zero-order valence-corrected chi connectivity index (χ0v) is 36.2. The molecule has 2 aliphatic heterocycles. The zero-order valence-electron chi connectivity index (χ0n) is 36.2. The predicted molar refractivity (Wildman–Crippen MR) is 226 cm³/mol. The SMILES string of the molecule is C.C[C@@H](OC1OCCN[C@@H]1c1ccc(F)cc1)c1cc(C(F)(F)F)cc(C(F)(F)F)c1.C[C@H](c1ccccc1)N1CCOC(O[C@H](C)c2cc(C(F)(F)F)cc(C(F)(F)F)c2)[C@H]1c1ccc(F)cc1. The Morgan fingerprint density at radius 1 is 0.522 bits per heavy atom. The fourth-order valence-electron chi connectivity index (χ4n) is 7.77. The molecule has 0 amide bonds. The van der Waals surface area contributed by atoms with E-state index in [1.165, 1.54) is 50.2 Å². The highest BCUT2D eigenvalue weighted by Crippen LogP contribution is 2.43. The summed E-state index contributed by atoms with van der Waals surface area (Å²) in [5, 5.41) is 3.10. The van der Waals surface area contributed by atoms with Crippen molar-refractivity contribution in [2.75, 3.05) is 26.3 Å². The first kappa shape index (κ1) is 54.8. The third kappa shape index (κ3) is 14.3. The second kappa shape index (κ2) is 22.3. The molecule has 2 fully saturated rings. The van der Waals surface area contributed by atoms with E-state index in [0.717, 1.165) is 5.56 Å². The first-order chi connectivity index (χ1) is 31.8. The summed E-state index contributed by atoms with van der Waals surface area (Å²) < 4.78 is 209. The molecule has 5 aromatic rings. The van der Waals surface area contributed by atoms with E-state index in [-0.39, 0.29) is 49.9 Å². The van der Waals surface area contributed by atoms with Crippen LogP contribution in [0, 0.1) is 11.6 Å². The Labute approximate surface area is 389 Å². The van der Waals surface area contributed by atoms with Gasteiger partial charge in [0.05, 0.1) is 59.8 Å². The predicted octanol–water partition coefficient (Wildman–Crippen LogP) is 14.4. The maximum atomic E-state index is 13.7. The number of nitrogens with zero attached hydrogens (tertiary/aromatic N) is 1. The highest BCUT2D eigenvalue weighted by molar-refractivity contribution is 5.36. The van der Waals surface area contributed by atoms with Gasteiger partial charge in [-0.05, 0) is 109 Å². The van der Waals surface area contributed by atoms with Crippen molar-refractivity contribution in [3.8, 4) is 0 Å². The molecule has 0 aliphatic carbocycles. The average Bonchev–Trinajstić information content (AvgIpc) is 3.28. The molecule has 0 radical (unpaired) electrons. The van der Waals surface area contributed by atoms with Crippen LogP contribution >= 0.6 is 0 Å². The van der Waals surface area contributed by atoms with Crippen LogP contribution in [-0.4, -0.2) is 43.8 Å². The van der Waals surface area contributed by atoms with Crippen molar-refractivity contribution in [3.63, 3.8) is 0 Å². The van der Waals surface area contributed by atoms with Gasteiger partial charge in [0.25, 0.3) is 0 Å². The van der Waals surface area contributed by atoms with Crippen LogP contribution in [0.15, 0.2) is 115 Å². The number of hydrogen-bond donors (Lipinski definition) is 1. The molecule has 0 aromatic heterocycles. The van der Waals surface area contributed by atoms with Gasteiger partial charge < -0.3 is 24.3 Å². The van der Waals surface area contributed by atoms with E-state index >= 15 is 0 Å². The number of ether oxygens (including phenoxy) is 4. The summed E-state index contributed by atoms with van der Waals surface area (Å²) in [5.41, 5.74) is -4.03. The summed E-state index contributed by atoms with van der Waals surface area (Å²) >= 11 is 0. The van der Waals surface area contributed by atoms with Gasteiger partial charge >= 0.3 is 24.7 Å². The lowest BCUT2D eigenvalue weighted by Gasteiger charge is -2.45. The Morgan fingerprint density at radius 2 is 0.928 bits per heavy atom. The van der Waals surface area contributed by atoms with Crippen molar-refractivity contribution in [1.82, 2.24) is 10.2 Å². The largest absolute Gasteiger partial charge is 0.416 e. The maximum absolute atomic E-state index is 13.7. The molecule has 376 valence electrons. The first-order valence-electron chi connectivity index (χ1n) is 21.0. The molecule has 0 saturated carbocycles. The number of nitrogens with one attached hydrogen (secondary N) is 1. The van der Waals surface area contributed by atoms with Gasteiger partial charge in [-0.1, -0.05) is 62.0 Å². The van der Waals surface area contributed by atoms with Gasteiger partial charge in [-0.25, -0.2) is 8.78 Å². The monoisotopic (exact) mass is 994 g/mol. The van der Waals surface area contributed by atoms with Crippen LogP contribution in [0.5, 0.6) is 0 Å². The second-order valence-electron chi connectivity index (χ2n) is 16.0. The number of rotatable bonds is 10. The normalized spacial score (nSPS) is 20.8. The molecular weight excluding hydrogens is 947 g/mol. The molecule has 5 aromatic carbocycles. The number of halogens is 14. The minimum absolute atomic E-state index is 0. The van der Waals surface area contributed by atoms with Crippen LogP contribution in [-0.2, 0) is 43.7 Å². The van der Waals surface area contributed by atoms with Crippen molar-refractivity contribution in [2.45, 2.75) is 95.8 Å². The first-order valence-corrected chi connectivity index (χ1v) is 21.0. The van der Waals surface area contributed by atoms with Crippen molar-refractivity contribution in [1.29, 1.82) is 0 Å². The molecule has 7 rings (SSSR count). The molecule has 0 spiro atoms. The summed E-state index contributed by atoms with van der Waals surface area (Å²) in [6.45, 7) is 6.04. The quantitative estimate of drug-likeness (QED) is 0.141.